The first-order chi connectivity index (χ1) is 13.0. The Hall–Kier alpha value is -3.35. The van der Waals surface area contributed by atoms with Crippen molar-refractivity contribution in [2.45, 2.75) is 13.8 Å². The largest absolute Gasteiger partial charge is 0.447 e. The molecule has 2 rings (SSSR count). The van der Waals surface area contributed by atoms with Crippen molar-refractivity contribution < 1.29 is 14.3 Å². The fourth-order valence-electron chi connectivity index (χ4n) is 2.04. The van der Waals surface area contributed by atoms with Crippen LogP contribution in [-0.2, 0) is 4.74 Å². The average molecular weight is 368 g/mol. The number of anilines is 2. The second-order valence-electron chi connectivity index (χ2n) is 6.05. The van der Waals surface area contributed by atoms with Crippen molar-refractivity contribution in [3.8, 4) is 0 Å². The summed E-state index contributed by atoms with van der Waals surface area (Å²) >= 11 is 0. The number of carbonyl (C=O) groups is 2. The molecule has 2 aromatic carbocycles. The molecule has 142 valence electrons. The number of urea groups is 1. The van der Waals surface area contributed by atoms with Gasteiger partial charge in [-0.3, -0.25) is 5.32 Å². The molecule has 7 heteroatoms. The zero-order chi connectivity index (χ0) is 19.5. The molecule has 0 saturated carbocycles. The predicted molar refractivity (Wildman–Crippen MR) is 107 cm³/mol. The van der Waals surface area contributed by atoms with Crippen LogP contribution < -0.4 is 10.6 Å². The summed E-state index contributed by atoms with van der Waals surface area (Å²) in [5, 5.41) is 10.8. The Morgan fingerprint density at radius 2 is 1.56 bits per heavy atom. The molecule has 0 heterocycles. The number of hydrogen-bond donors (Lipinski definition) is 2. The summed E-state index contributed by atoms with van der Waals surface area (Å²) in [6, 6.07) is 17.7. The minimum absolute atomic E-state index is 0.0102. The minimum atomic E-state index is -0.586. The number of nitrogens with zero attached hydrogens (tertiary/aromatic N) is 2. The lowest BCUT2D eigenvalue weighted by molar-refractivity contribution is 0.145. The van der Waals surface area contributed by atoms with Crippen LogP contribution in [0.5, 0.6) is 0 Å². The Labute approximate surface area is 159 Å². The summed E-state index contributed by atoms with van der Waals surface area (Å²) in [5.41, 5.74) is 1.30. The minimum Gasteiger partial charge on any atom is -0.447 e. The van der Waals surface area contributed by atoms with Gasteiger partial charge in [0, 0.05) is 17.6 Å². The smallest absolute Gasteiger partial charge is 0.411 e. The Balaban J connectivity index is 1.88. The Morgan fingerprint density at radius 3 is 2.11 bits per heavy atom. The van der Waals surface area contributed by atoms with Crippen molar-refractivity contribution in [2.24, 2.45) is 11.0 Å². The van der Waals surface area contributed by atoms with Crippen molar-refractivity contribution in [3.63, 3.8) is 0 Å². The Morgan fingerprint density at radius 1 is 1.00 bits per heavy atom. The van der Waals surface area contributed by atoms with Crippen LogP contribution in [0.25, 0.3) is 0 Å². The molecule has 0 aromatic heterocycles. The number of rotatable bonds is 7. The van der Waals surface area contributed by atoms with Gasteiger partial charge in [-0.05, 0) is 30.2 Å². The highest BCUT2D eigenvalue weighted by Crippen LogP contribution is 2.08. The van der Waals surface area contributed by atoms with Crippen molar-refractivity contribution in [1.29, 1.82) is 0 Å². The topological polar surface area (TPSA) is 83.0 Å². The molecule has 0 fully saturated rings. The van der Waals surface area contributed by atoms with Gasteiger partial charge in [0.25, 0.3) is 0 Å². The van der Waals surface area contributed by atoms with E-state index in [1.165, 1.54) is 5.01 Å². The van der Waals surface area contributed by atoms with E-state index in [1.807, 2.05) is 50.2 Å². The summed E-state index contributed by atoms with van der Waals surface area (Å²) in [6.45, 7) is 4.06. The van der Waals surface area contributed by atoms with Gasteiger partial charge < -0.3 is 10.1 Å². The van der Waals surface area contributed by atoms with Crippen LogP contribution in [0.4, 0.5) is 21.0 Å². The van der Waals surface area contributed by atoms with Crippen LogP contribution in [0.15, 0.2) is 65.8 Å². The van der Waals surface area contributed by atoms with Gasteiger partial charge in [0.05, 0.1) is 6.54 Å². The first kappa shape index (κ1) is 20.0. The lowest BCUT2D eigenvalue weighted by Gasteiger charge is -2.18. The van der Waals surface area contributed by atoms with E-state index in [1.54, 1.807) is 30.5 Å². The van der Waals surface area contributed by atoms with Gasteiger partial charge in [-0.25, -0.2) is 14.6 Å². The lowest BCUT2D eigenvalue weighted by atomic mass is 10.3. The number of nitrogens with one attached hydrogen (secondary N) is 2. The van der Waals surface area contributed by atoms with E-state index in [-0.39, 0.29) is 19.1 Å². The van der Waals surface area contributed by atoms with Crippen LogP contribution in [0.3, 0.4) is 0 Å². The maximum atomic E-state index is 12.4. The number of hydrogen-bond acceptors (Lipinski definition) is 4. The highest BCUT2D eigenvalue weighted by Gasteiger charge is 2.14. The molecule has 0 bridgehead atoms. The second kappa shape index (κ2) is 10.6. The molecule has 0 spiro atoms. The maximum absolute atomic E-state index is 12.4. The van der Waals surface area contributed by atoms with Crippen LogP contribution >= 0.6 is 0 Å². The summed E-state index contributed by atoms with van der Waals surface area (Å²) < 4.78 is 5.14. The monoisotopic (exact) mass is 368 g/mol. The Bertz CT molecular complexity index is 748. The van der Waals surface area contributed by atoms with Crippen LogP contribution in [0.2, 0.25) is 0 Å². The zero-order valence-corrected chi connectivity index (χ0v) is 15.5. The third-order valence-corrected chi connectivity index (χ3v) is 3.32. The van der Waals surface area contributed by atoms with Gasteiger partial charge in [-0.2, -0.15) is 5.10 Å². The van der Waals surface area contributed by atoms with Crippen LogP contribution in [-0.4, -0.2) is 36.5 Å². The number of para-hydroxylation sites is 2. The van der Waals surface area contributed by atoms with E-state index in [0.717, 1.165) is 0 Å². The second-order valence-corrected chi connectivity index (χ2v) is 6.05. The van der Waals surface area contributed by atoms with Gasteiger partial charge in [0.2, 0.25) is 0 Å². The molecule has 2 N–H and O–H groups in total. The Kier molecular flexibility index (Phi) is 7.84. The van der Waals surface area contributed by atoms with Crippen LogP contribution in [0, 0.1) is 5.92 Å². The molecule has 0 saturated heterocycles. The summed E-state index contributed by atoms with van der Waals surface area (Å²) in [6.07, 6.45) is 1.08. The van der Waals surface area contributed by atoms with Gasteiger partial charge in [-0.15, -0.1) is 0 Å². The molecule has 0 aliphatic heterocycles. The molecular formula is C20H24N4O3. The number of amides is 3. The highest BCUT2D eigenvalue weighted by molar-refractivity contribution is 5.89. The molecule has 2 aromatic rings. The van der Waals surface area contributed by atoms with E-state index in [0.29, 0.717) is 11.4 Å². The quantitative estimate of drug-likeness (QED) is 0.561. The van der Waals surface area contributed by atoms with Gasteiger partial charge >= 0.3 is 12.1 Å². The number of benzene rings is 2. The van der Waals surface area contributed by atoms with E-state index >= 15 is 0 Å². The third kappa shape index (κ3) is 7.60. The van der Waals surface area contributed by atoms with Crippen molar-refractivity contribution in [1.82, 2.24) is 5.01 Å². The van der Waals surface area contributed by atoms with Crippen molar-refractivity contribution in [2.75, 3.05) is 23.8 Å². The third-order valence-electron chi connectivity index (χ3n) is 3.32. The molecule has 0 aliphatic rings. The van der Waals surface area contributed by atoms with E-state index < -0.39 is 12.1 Å². The van der Waals surface area contributed by atoms with E-state index in [9.17, 15) is 9.59 Å². The molecule has 0 unspecified atom stereocenters. The van der Waals surface area contributed by atoms with Crippen molar-refractivity contribution in [3.05, 3.63) is 60.7 Å². The van der Waals surface area contributed by atoms with Gasteiger partial charge in [0.15, 0.2) is 0 Å². The lowest BCUT2D eigenvalue weighted by Crippen LogP contribution is -2.34. The highest BCUT2D eigenvalue weighted by atomic mass is 16.5. The molecule has 0 atom stereocenters. The van der Waals surface area contributed by atoms with Gasteiger partial charge in [-0.1, -0.05) is 50.2 Å². The summed E-state index contributed by atoms with van der Waals surface area (Å²) in [4.78, 5) is 24.3. The molecular weight excluding hydrogens is 344 g/mol. The fraction of sp³-hybridized carbons (Fsp3) is 0.250. The summed E-state index contributed by atoms with van der Waals surface area (Å²) in [5.74, 6) is 0.180. The average Bonchev–Trinajstić information content (AvgIpc) is 2.65. The number of hydrazone groups is 1. The van der Waals surface area contributed by atoms with E-state index in [4.69, 9.17) is 4.74 Å². The standard InChI is InChI=1S/C20H24N4O3/c1-16(2)15-21-24(19(25)22-17-9-5-3-6-10-17)13-14-27-20(26)23-18-11-7-4-8-12-18/h3-12,15-16H,13-14H2,1-2H3,(H,22,25)(H,23,26)/b21-15-. The van der Waals surface area contributed by atoms with Crippen molar-refractivity contribution >= 4 is 29.7 Å². The SMILES string of the molecule is CC(C)/C=N\N(CCOC(=O)Nc1ccccc1)C(=O)Nc1ccccc1. The number of carbonyl (C=O) groups excluding carboxylic acids is 2. The molecule has 0 aliphatic carbocycles. The predicted octanol–water partition coefficient (Wildman–Crippen LogP) is 4.41. The maximum Gasteiger partial charge on any atom is 0.411 e. The fourth-order valence-corrected chi connectivity index (χ4v) is 2.04. The molecule has 3 amide bonds. The van der Waals surface area contributed by atoms with E-state index in [2.05, 4.69) is 15.7 Å². The first-order valence-electron chi connectivity index (χ1n) is 8.71. The van der Waals surface area contributed by atoms with Crippen LogP contribution in [0.1, 0.15) is 13.8 Å². The molecule has 0 radical (unpaired) electrons. The molecule has 7 nitrogen and oxygen atoms in total. The van der Waals surface area contributed by atoms with Gasteiger partial charge in [0.1, 0.15) is 6.61 Å². The molecule has 27 heavy (non-hydrogen) atoms. The normalized spacial score (nSPS) is 10.6. The summed E-state index contributed by atoms with van der Waals surface area (Å²) in [7, 11) is 0. The first-order valence-corrected chi connectivity index (χ1v) is 8.71. The number of ether oxygens (including phenoxy) is 1. The zero-order valence-electron chi connectivity index (χ0n) is 15.5.